The van der Waals surface area contributed by atoms with E-state index in [0.717, 1.165) is 22.4 Å². The minimum atomic E-state index is -1.81. The van der Waals surface area contributed by atoms with Crippen LogP contribution < -0.4 is 0 Å². The van der Waals surface area contributed by atoms with Gasteiger partial charge in [-0.15, -0.1) is 0 Å². The molecule has 3 heteroatoms. The van der Waals surface area contributed by atoms with Crippen molar-refractivity contribution in [3.05, 3.63) is 71.3 Å². The minimum Gasteiger partial charge on any atom is -0.543 e. The molecule has 0 N–H and O–H groups in total. The van der Waals surface area contributed by atoms with Crippen LogP contribution in [0.1, 0.15) is 21.5 Å². The third-order valence-corrected chi connectivity index (χ3v) is 4.16. The summed E-state index contributed by atoms with van der Waals surface area (Å²) in [7, 11) is -1.81. The monoisotopic (exact) mass is 294 g/mol. The topological polar surface area (TPSA) is 26.3 Å². The summed E-state index contributed by atoms with van der Waals surface area (Å²) in [5, 5.41) is 0. The zero-order valence-electron chi connectivity index (χ0n) is 12.5. The minimum absolute atomic E-state index is 0.0602. The Morgan fingerprint density at radius 3 is 2.00 bits per heavy atom. The molecule has 2 aromatic carbocycles. The van der Waals surface area contributed by atoms with Crippen LogP contribution in [0.5, 0.6) is 0 Å². The van der Waals surface area contributed by atoms with Gasteiger partial charge in [0.25, 0.3) is 0 Å². The van der Waals surface area contributed by atoms with E-state index in [2.05, 4.69) is 19.6 Å². The summed E-state index contributed by atoms with van der Waals surface area (Å²) in [6, 6.07) is 17.5. The zero-order valence-corrected chi connectivity index (χ0v) is 13.5. The fraction of sp³-hybridized carbons (Fsp3) is 0.167. The second-order valence-corrected chi connectivity index (χ2v) is 10.6. The summed E-state index contributed by atoms with van der Waals surface area (Å²) in [6.45, 7) is 6.40. The van der Waals surface area contributed by atoms with Crippen LogP contribution in [-0.4, -0.2) is 14.1 Å². The molecule has 2 nitrogen and oxygen atoms in total. The smallest absolute Gasteiger partial charge is 0.242 e. The molecule has 0 unspecified atom stereocenters. The average molecular weight is 294 g/mol. The van der Waals surface area contributed by atoms with E-state index < -0.39 is 8.32 Å². The van der Waals surface area contributed by atoms with Crippen molar-refractivity contribution in [2.45, 2.75) is 19.6 Å². The molecule has 1 aliphatic carbocycles. The van der Waals surface area contributed by atoms with Crippen LogP contribution in [0.25, 0.3) is 11.3 Å². The van der Waals surface area contributed by atoms with Crippen molar-refractivity contribution in [2.24, 2.45) is 0 Å². The molecule has 0 bridgehead atoms. The Labute approximate surface area is 126 Å². The highest BCUT2D eigenvalue weighted by molar-refractivity contribution is 6.71. The van der Waals surface area contributed by atoms with Crippen molar-refractivity contribution in [1.29, 1.82) is 0 Å². The first kappa shape index (κ1) is 13.8. The molecule has 0 fully saturated rings. The number of hydrogen-bond donors (Lipinski definition) is 0. The second kappa shape index (κ2) is 5.01. The number of carbonyl (C=O) groups is 1. The Morgan fingerprint density at radius 2 is 1.38 bits per heavy atom. The normalized spacial score (nSPS) is 14.3. The van der Waals surface area contributed by atoms with Gasteiger partial charge in [0.1, 0.15) is 5.76 Å². The van der Waals surface area contributed by atoms with E-state index in [4.69, 9.17) is 4.43 Å². The summed E-state index contributed by atoms with van der Waals surface area (Å²) in [6.07, 6.45) is 0. The molecule has 21 heavy (non-hydrogen) atoms. The van der Waals surface area contributed by atoms with E-state index in [1.807, 2.05) is 54.6 Å². The third-order valence-electron chi connectivity index (χ3n) is 3.34. The maximum Gasteiger partial charge on any atom is 0.242 e. The molecule has 2 aromatic rings. The van der Waals surface area contributed by atoms with Crippen LogP contribution in [0.4, 0.5) is 0 Å². The zero-order chi connectivity index (χ0) is 15.0. The van der Waals surface area contributed by atoms with E-state index in [1.165, 1.54) is 0 Å². The number of ketones is 1. The second-order valence-electron chi connectivity index (χ2n) is 6.16. The number of fused-ring (bicyclic) bond motifs is 1. The quantitative estimate of drug-likeness (QED) is 0.773. The van der Waals surface area contributed by atoms with Gasteiger partial charge in [-0.05, 0) is 25.2 Å². The lowest BCUT2D eigenvalue weighted by Gasteiger charge is -2.22. The van der Waals surface area contributed by atoms with E-state index in [-0.39, 0.29) is 5.78 Å². The molecule has 0 saturated heterocycles. The van der Waals surface area contributed by atoms with Crippen molar-refractivity contribution >= 4 is 25.4 Å². The summed E-state index contributed by atoms with van der Waals surface area (Å²) >= 11 is 0. The van der Waals surface area contributed by atoms with Gasteiger partial charge in [-0.25, -0.2) is 0 Å². The number of carbonyl (C=O) groups excluding carboxylic acids is 1. The number of hydrogen-bond acceptors (Lipinski definition) is 2. The fourth-order valence-corrected chi connectivity index (χ4v) is 3.36. The van der Waals surface area contributed by atoms with Crippen LogP contribution in [0.2, 0.25) is 19.6 Å². The fourth-order valence-electron chi connectivity index (χ4n) is 2.53. The van der Waals surface area contributed by atoms with E-state index in [9.17, 15) is 4.79 Å². The first-order valence-corrected chi connectivity index (χ1v) is 10.5. The van der Waals surface area contributed by atoms with Gasteiger partial charge in [0.2, 0.25) is 8.32 Å². The average Bonchev–Trinajstić information content (AvgIpc) is 2.72. The van der Waals surface area contributed by atoms with Crippen LogP contribution in [-0.2, 0) is 4.43 Å². The van der Waals surface area contributed by atoms with Crippen molar-refractivity contribution in [3.8, 4) is 0 Å². The van der Waals surface area contributed by atoms with Crippen LogP contribution >= 0.6 is 0 Å². The lowest BCUT2D eigenvalue weighted by Crippen LogP contribution is -2.24. The number of rotatable bonds is 3. The summed E-state index contributed by atoms with van der Waals surface area (Å²) < 4.78 is 6.26. The molecule has 0 radical (unpaired) electrons. The lowest BCUT2D eigenvalue weighted by atomic mass is 10.0. The number of Topliss-reactive ketones (excluding diaryl/α,β-unsaturated/α-hetero) is 1. The van der Waals surface area contributed by atoms with Gasteiger partial charge in [0.05, 0.1) is 5.57 Å². The van der Waals surface area contributed by atoms with Gasteiger partial charge < -0.3 is 4.43 Å². The first-order chi connectivity index (χ1) is 9.97. The molecule has 0 heterocycles. The van der Waals surface area contributed by atoms with Crippen molar-refractivity contribution in [2.75, 3.05) is 0 Å². The van der Waals surface area contributed by atoms with E-state index in [0.29, 0.717) is 5.57 Å². The van der Waals surface area contributed by atoms with Crippen LogP contribution in [0.3, 0.4) is 0 Å². The molecule has 0 aliphatic heterocycles. The van der Waals surface area contributed by atoms with Gasteiger partial charge in [-0.1, -0.05) is 54.6 Å². The molecule has 0 atom stereocenters. The Kier molecular flexibility index (Phi) is 3.30. The highest BCUT2D eigenvalue weighted by Gasteiger charge is 2.33. The Bertz CT molecular complexity index is 724. The van der Waals surface area contributed by atoms with Gasteiger partial charge in [0, 0.05) is 11.1 Å². The molecule has 0 spiro atoms. The van der Waals surface area contributed by atoms with Gasteiger partial charge >= 0.3 is 0 Å². The number of allylic oxidation sites excluding steroid dienone is 1. The predicted molar refractivity (Wildman–Crippen MR) is 88.5 cm³/mol. The summed E-state index contributed by atoms with van der Waals surface area (Å²) in [4.78, 5) is 12.8. The van der Waals surface area contributed by atoms with Crippen molar-refractivity contribution < 1.29 is 9.22 Å². The molecule has 0 amide bonds. The Morgan fingerprint density at radius 1 is 0.810 bits per heavy atom. The SMILES string of the molecule is C[Si](C)(C)OC1=C(c2ccccc2)C(=O)c2ccccc21. The molecule has 106 valence electrons. The molecule has 3 rings (SSSR count). The van der Waals surface area contributed by atoms with Gasteiger partial charge in [-0.3, -0.25) is 4.79 Å². The number of benzene rings is 2. The molecule has 1 aliphatic rings. The summed E-state index contributed by atoms with van der Waals surface area (Å²) in [5.41, 5.74) is 3.28. The molecular formula is C18H18O2Si. The largest absolute Gasteiger partial charge is 0.543 e. The van der Waals surface area contributed by atoms with Gasteiger partial charge in [0.15, 0.2) is 5.78 Å². The van der Waals surface area contributed by atoms with E-state index >= 15 is 0 Å². The standard InChI is InChI=1S/C18H18O2Si/c1-21(2,3)20-18-15-12-8-7-11-14(15)17(19)16(18)13-9-5-4-6-10-13/h4-12H,1-3H3. The summed E-state index contributed by atoms with van der Waals surface area (Å²) in [5.74, 6) is 0.811. The van der Waals surface area contributed by atoms with Crippen molar-refractivity contribution in [1.82, 2.24) is 0 Å². The predicted octanol–water partition coefficient (Wildman–Crippen LogP) is 4.60. The Balaban J connectivity index is 2.21. The first-order valence-electron chi connectivity index (χ1n) is 7.10. The third kappa shape index (κ3) is 2.57. The molecular weight excluding hydrogens is 276 g/mol. The Hall–Kier alpha value is -2.13. The molecule has 0 saturated carbocycles. The van der Waals surface area contributed by atoms with Gasteiger partial charge in [-0.2, -0.15) is 0 Å². The van der Waals surface area contributed by atoms with Crippen LogP contribution in [0.15, 0.2) is 54.6 Å². The maximum atomic E-state index is 12.8. The molecule has 0 aromatic heterocycles. The highest BCUT2D eigenvalue weighted by Crippen LogP contribution is 2.40. The van der Waals surface area contributed by atoms with Crippen molar-refractivity contribution in [3.63, 3.8) is 0 Å². The maximum absolute atomic E-state index is 12.8. The van der Waals surface area contributed by atoms with E-state index in [1.54, 1.807) is 0 Å². The van der Waals surface area contributed by atoms with Crippen LogP contribution in [0, 0.1) is 0 Å². The highest BCUT2D eigenvalue weighted by atomic mass is 28.4. The lowest BCUT2D eigenvalue weighted by molar-refractivity contribution is 0.105.